The Bertz CT molecular complexity index is 1220. The van der Waals surface area contributed by atoms with Crippen LogP contribution in [0.1, 0.15) is 84.9 Å². The largest absolute Gasteiger partial charge is 0.497 e. The van der Waals surface area contributed by atoms with Crippen molar-refractivity contribution in [1.29, 1.82) is 0 Å². The van der Waals surface area contributed by atoms with Crippen molar-refractivity contribution in [2.75, 3.05) is 12.4 Å². The fourth-order valence-electron chi connectivity index (χ4n) is 4.35. The highest BCUT2D eigenvalue weighted by molar-refractivity contribution is 5.99. The number of aryl methyl sites for hydroxylation is 1. The summed E-state index contributed by atoms with van der Waals surface area (Å²) in [5, 5.41) is 5.56. The summed E-state index contributed by atoms with van der Waals surface area (Å²) in [6.45, 7) is 12.8. The molecule has 0 aliphatic heterocycles. The van der Waals surface area contributed by atoms with Gasteiger partial charge in [-0.3, -0.25) is 14.4 Å². The highest BCUT2D eigenvalue weighted by Crippen LogP contribution is 2.34. The molecule has 0 heterocycles. The fourth-order valence-corrected chi connectivity index (χ4v) is 4.35. The molecule has 10 nitrogen and oxygen atoms in total. The Morgan fingerprint density at radius 1 is 0.929 bits per heavy atom. The Morgan fingerprint density at radius 2 is 1.52 bits per heavy atom. The van der Waals surface area contributed by atoms with E-state index in [1.165, 1.54) is 4.90 Å². The average Bonchev–Trinajstić information content (AvgIpc) is 2.92. The zero-order chi connectivity index (χ0) is 31.7. The third-order valence-electron chi connectivity index (χ3n) is 6.99. The molecule has 0 bridgehead atoms. The van der Waals surface area contributed by atoms with Crippen molar-refractivity contribution in [3.05, 3.63) is 59.7 Å². The molecule has 230 valence electrons. The maximum Gasteiger partial charge on any atom is 0.408 e. The molecule has 2 aromatic carbocycles. The minimum absolute atomic E-state index is 0.0642. The van der Waals surface area contributed by atoms with Crippen molar-refractivity contribution in [2.45, 2.75) is 97.4 Å². The van der Waals surface area contributed by atoms with Crippen LogP contribution in [0.4, 0.5) is 10.5 Å². The smallest absolute Gasteiger partial charge is 0.408 e. The summed E-state index contributed by atoms with van der Waals surface area (Å²) in [4.78, 5) is 54.6. The zero-order valence-electron chi connectivity index (χ0n) is 26.1. The molecule has 0 saturated heterocycles. The molecule has 0 aromatic heterocycles. The lowest BCUT2D eigenvalue weighted by atomic mass is 9.91. The Labute approximate surface area is 249 Å². The molecule has 10 heteroatoms. The number of nitrogens with zero attached hydrogens (tertiary/aromatic N) is 1. The number of alkyl carbamates (subject to hydrolysis) is 1. The molecule has 0 aliphatic carbocycles. The number of methoxy groups -OCH3 is 1. The van der Waals surface area contributed by atoms with E-state index in [1.807, 2.05) is 52.0 Å². The molecule has 0 saturated carbocycles. The first-order chi connectivity index (χ1) is 19.6. The second-order valence-electron chi connectivity index (χ2n) is 11.8. The Kier molecular flexibility index (Phi) is 11.9. The van der Waals surface area contributed by atoms with Gasteiger partial charge in [0, 0.05) is 17.6 Å². The summed E-state index contributed by atoms with van der Waals surface area (Å²) in [5.41, 5.74) is 5.95. The Morgan fingerprint density at radius 3 is 2.00 bits per heavy atom. The SMILES string of the molecule is CCc1ccc(C(C(=O)Nc2ccc(OC)cc2)N(C(=O)C(CCC(N)=O)NC(=O)OC(C)(C)C)C(C)(C)CC)cc1. The molecule has 0 aliphatic rings. The van der Waals surface area contributed by atoms with Gasteiger partial charge in [0.15, 0.2) is 0 Å². The van der Waals surface area contributed by atoms with E-state index in [1.54, 1.807) is 52.1 Å². The van der Waals surface area contributed by atoms with Crippen molar-refractivity contribution >= 4 is 29.5 Å². The van der Waals surface area contributed by atoms with Crippen molar-refractivity contribution in [3.8, 4) is 5.75 Å². The third-order valence-corrected chi connectivity index (χ3v) is 6.99. The number of amides is 4. The molecule has 42 heavy (non-hydrogen) atoms. The normalized spacial score (nSPS) is 13.0. The molecule has 4 amide bonds. The number of ether oxygens (including phenoxy) is 2. The highest BCUT2D eigenvalue weighted by Gasteiger charge is 2.43. The second-order valence-corrected chi connectivity index (χ2v) is 11.8. The first-order valence-electron chi connectivity index (χ1n) is 14.3. The number of hydrogen-bond donors (Lipinski definition) is 3. The van der Waals surface area contributed by atoms with Crippen LogP contribution in [0.2, 0.25) is 0 Å². The van der Waals surface area contributed by atoms with Gasteiger partial charge >= 0.3 is 6.09 Å². The molecule has 0 spiro atoms. The Balaban J connectivity index is 2.64. The van der Waals surface area contributed by atoms with Crippen molar-refractivity contribution in [1.82, 2.24) is 10.2 Å². The molecule has 2 rings (SSSR count). The van der Waals surface area contributed by atoms with E-state index in [2.05, 4.69) is 10.6 Å². The van der Waals surface area contributed by atoms with Crippen LogP contribution in [0.15, 0.2) is 48.5 Å². The zero-order valence-corrected chi connectivity index (χ0v) is 26.1. The Hall–Kier alpha value is -4.08. The molecule has 0 fully saturated rings. The van der Waals surface area contributed by atoms with E-state index >= 15 is 0 Å². The van der Waals surface area contributed by atoms with E-state index in [0.717, 1.165) is 12.0 Å². The van der Waals surface area contributed by atoms with Crippen LogP contribution in [0, 0.1) is 0 Å². The number of nitrogens with one attached hydrogen (secondary N) is 2. The first kappa shape index (κ1) is 34.1. The predicted molar refractivity (Wildman–Crippen MR) is 163 cm³/mol. The van der Waals surface area contributed by atoms with E-state index in [-0.39, 0.29) is 12.8 Å². The van der Waals surface area contributed by atoms with E-state index in [4.69, 9.17) is 15.2 Å². The maximum atomic E-state index is 14.4. The third kappa shape index (κ3) is 9.78. The molecular formula is C32H46N4O6. The number of nitrogens with two attached hydrogens (primary N) is 1. The minimum atomic E-state index is -1.18. The summed E-state index contributed by atoms with van der Waals surface area (Å²) < 4.78 is 10.6. The number of benzene rings is 2. The number of carbonyl (C=O) groups is 4. The maximum absolute atomic E-state index is 14.4. The van der Waals surface area contributed by atoms with Crippen LogP contribution in [0.3, 0.4) is 0 Å². The number of rotatable bonds is 13. The van der Waals surface area contributed by atoms with Gasteiger partial charge in [0.2, 0.25) is 11.8 Å². The minimum Gasteiger partial charge on any atom is -0.497 e. The number of hydrogen-bond acceptors (Lipinski definition) is 6. The lowest BCUT2D eigenvalue weighted by Gasteiger charge is -2.44. The van der Waals surface area contributed by atoms with Gasteiger partial charge in [-0.15, -0.1) is 0 Å². The molecule has 2 aromatic rings. The number of primary amides is 1. The van der Waals surface area contributed by atoms with E-state index < -0.39 is 47.0 Å². The van der Waals surface area contributed by atoms with Crippen LogP contribution < -0.4 is 21.1 Å². The summed E-state index contributed by atoms with van der Waals surface area (Å²) in [7, 11) is 1.56. The van der Waals surface area contributed by atoms with Crippen molar-refractivity contribution in [2.24, 2.45) is 5.73 Å². The number of carbonyl (C=O) groups excluding carboxylic acids is 4. The molecular weight excluding hydrogens is 536 g/mol. The van der Waals surface area contributed by atoms with E-state index in [9.17, 15) is 19.2 Å². The summed E-state index contributed by atoms with van der Waals surface area (Å²) in [6.07, 6.45) is 0.270. The van der Waals surface area contributed by atoms with Gasteiger partial charge in [0.05, 0.1) is 7.11 Å². The van der Waals surface area contributed by atoms with Gasteiger partial charge < -0.3 is 30.7 Å². The lowest BCUT2D eigenvalue weighted by molar-refractivity contribution is -0.148. The van der Waals surface area contributed by atoms with Crippen molar-refractivity contribution < 1.29 is 28.7 Å². The van der Waals surface area contributed by atoms with Crippen LogP contribution in [-0.4, -0.2) is 53.0 Å². The van der Waals surface area contributed by atoms with Crippen LogP contribution in [0.25, 0.3) is 0 Å². The van der Waals surface area contributed by atoms with Crippen LogP contribution in [0.5, 0.6) is 5.75 Å². The first-order valence-corrected chi connectivity index (χ1v) is 14.3. The number of anilines is 1. The van der Waals surface area contributed by atoms with Crippen LogP contribution >= 0.6 is 0 Å². The standard InChI is InChI=1S/C32H46N4O6/c1-9-21-11-13-22(14-12-21)27(28(38)34-23-15-17-24(41-8)18-16-23)36(32(6,7)10-2)29(39)25(19-20-26(33)37)35-30(40)42-31(3,4)5/h11-18,25,27H,9-10,19-20H2,1-8H3,(H2,33,37)(H,34,38)(H,35,40). The molecule has 2 unspecified atom stereocenters. The summed E-state index contributed by atoms with van der Waals surface area (Å²) in [5.74, 6) is -0.966. The fraction of sp³-hybridized carbons (Fsp3) is 0.500. The van der Waals surface area contributed by atoms with Gasteiger partial charge in [0.25, 0.3) is 5.91 Å². The molecule has 0 radical (unpaired) electrons. The van der Waals surface area contributed by atoms with E-state index in [0.29, 0.717) is 23.4 Å². The van der Waals surface area contributed by atoms with Gasteiger partial charge in [-0.2, -0.15) is 0 Å². The molecule has 2 atom stereocenters. The van der Waals surface area contributed by atoms with Gasteiger partial charge in [-0.25, -0.2) is 4.79 Å². The van der Waals surface area contributed by atoms with Crippen molar-refractivity contribution in [3.63, 3.8) is 0 Å². The average molecular weight is 583 g/mol. The van der Waals surface area contributed by atoms with Gasteiger partial charge in [-0.1, -0.05) is 38.1 Å². The highest BCUT2D eigenvalue weighted by atomic mass is 16.6. The second kappa shape index (κ2) is 14.7. The lowest BCUT2D eigenvalue weighted by Crippen LogP contribution is -2.59. The topological polar surface area (TPSA) is 140 Å². The quantitative estimate of drug-likeness (QED) is 0.300. The summed E-state index contributed by atoms with van der Waals surface area (Å²) >= 11 is 0. The van der Waals surface area contributed by atoms with Crippen LogP contribution in [-0.2, 0) is 25.5 Å². The van der Waals surface area contributed by atoms with Gasteiger partial charge in [0.1, 0.15) is 23.4 Å². The predicted octanol–water partition coefficient (Wildman–Crippen LogP) is 5.11. The summed E-state index contributed by atoms with van der Waals surface area (Å²) in [6, 6.07) is 12.2. The molecule has 4 N–H and O–H groups in total. The van der Waals surface area contributed by atoms with Gasteiger partial charge in [-0.05, 0) is 89.3 Å². The monoisotopic (exact) mass is 582 g/mol.